The maximum absolute atomic E-state index is 13.4. The monoisotopic (exact) mass is 551 g/mol. The summed E-state index contributed by atoms with van der Waals surface area (Å²) < 4.78 is 0. The number of carbonyl (C=O) groups excluding carboxylic acids is 1. The van der Waals surface area contributed by atoms with Crippen LogP contribution in [0.3, 0.4) is 0 Å². The number of pyridine rings is 1. The molecule has 1 amide bonds. The zero-order valence-electron chi connectivity index (χ0n) is 22.0. The highest BCUT2D eigenvalue weighted by atomic mass is 32.1. The fraction of sp³-hybridized carbons (Fsp3) is 0.519. The number of thiazole rings is 2. The maximum Gasteiger partial charge on any atom is 0.255 e. The van der Waals surface area contributed by atoms with Crippen LogP contribution < -0.4 is 5.32 Å². The van der Waals surface area contributed by atoms with E-state index in [0.717, 1.165) is 83.7 Å². The van der Waals surface area contributed by atoms with E-state index >= 15 is 0 Å². The molecule has 0 aromatic carbocycles. The fourth-order valence-electron chi connectivity index (χ4n) is 5.69. The lowest BCUT2D eigenvalue weighted by Gasteiger charge is -2.35. The van der Waals surface area contributed by atoms with Crippen LogP contribution in [0.5, 0.6) is 0 Å². The van der Waals surface area contributed by atoms with Gasteiger partial charge in [-0.1, -0.05) is 5.16 Å². The van der Waals surface area contributed by atoms with Gasteiger partial charge in [0.15, 0.2) is 5.13 Å². The molecule has 1 N–H and O–H groups in total. The predicted molar refractivity (Wildman–Crippen MR) is 151 cm³/mol. The number of amides is 1. The molecule has 3 aliphatic rings. The number of nitrogens with zero attached hydrogens (tertiary/aromatic N) is 6. The number of anilines is 2. The van der Waals surface area contributed by atoms with Gasteiger partial charge < -0.3 is 20.0 Å². The highest BCUT2D eigenvalue weighted by Crippen LogP contribution is 2.36. The lowest BCUT2D eigenvalue weighted by molar-refractivity contribution is 0.0143. The SMILES string of the molecule is Cc1nc(C)c(-c2csc(Nc3ccc(C(=O)N4[C@@H]5CC[C@H]4CC(=NOC4CCN(C)CC4)C5)cn3)n2)s1. The van der Waals surface area contributed by atoms with Crippen LogP contribution in [-0.2, 0) is 4.84 Å². The van der Waals surface area contributed by atoms with Crippen molar-refractivity contribution in [1.29, 1.82) is 0 Å². The van der Waals surface area contributed by atoms with Gasteiger partial charge in [-0.15, -0.1) is 22.7 Å². The number of hydrogen-bond acceptors (Lipinski definition) is 10. The third kappa shape index (κ3) is 5.32. The molecule has 6 heterocycles. The fourth-order valence-corrected chi connectivity index (χ4v) is 7.36. The zero-order chi connectivity index (χ0) is 26.2. The van der Waals surface area contributed by atoms with Crippen LogP contribution in [0, 0.1) is 13.8 Å². The number of aromatic nitrogens is 3. The maximum atomic E-state index is 13.4. The normalized spacial score (nSPS) is 23.2. The van der Waals surface area contributed by atoms with E-state index in [1.165, 1.54) is 11.3 Å². The molecule has 0 saturated carbocycles. The Morgan fingerprint density at radius 2 is 1.87 bits per heavy atom. The van der Waals surface area contributed by atoms with Crippen LogP contribution >= 0.6 is 22.7 Å². The van der Waals surface area contributed by atoms with Crippen LogP contribution in [-0.4, -0.2) is 74.7 Å². The first-order valence-electron chi connectivity index (χ1n) is 13.3. The van der Waals surface area contributed by atoms with Crippen molar-refractivity contribution in [2.45, 2.75) is 70.6 Å². The number of carbonyl (C=O) groups is 1. The second kappa shape index (κ2) is 10.7. The molecule has 3 aromatic rings. The molecule has 2 atom stereocenters. The molecule has 11 heteroatoms. The summed E-state index contributed by atoms with van der Waals surface area (Å²) in [6.45, 7) is 6.13. The zero-order valence-corrected chi connectivity index (χ0v) is 23.6. The smallest absolute Gasteiger partial charge is 0.255 e. The van der Waals surface area contributed by atoms with Gasteiger partial charge in [0, 0.05) is 49.6 Å². The highest BCUT2D eigenvalue weighted by Gasteiger charge is 2.42. The van der Waals surface area contributed by atoms with Gasteiger partial charge in [-0.05, 0) is 58.7 Å². The van der Waals surface area contributed by atoms with Gasteiger partial charge in [-0.25, -0.2) is 15.0 Å². The number of hydrogen-bond donors (Lipinski definition) is 1. The van der Waals surface area contributed by atoms with Gasteiger partial charge in [-0.3, -0.25) is 4.79 Å². The first kappa shape index (κ1) is 25.4. The second-order valence-electron chi connectivity index (χ2n) is 10.5. The summed E-state index contributed by atoms with van der Waals surface area (Å²) in [5, 5.41) is 11.6. The number of nitrogens with one attached hydrogen (secondary N) is 1. The van der Waals surface area contributed by atoms with Gasteiger partial charge >= 0.3 is 0 Å². The molecule has 3 saturated heterocycles. The minimum Gasteiger partial charge on any atom is -0.392 e. The van der Waals surface area contributed by atoms with Crippen molar-refractivity contribution in [2.75, 3.05) is 25.5 Å². The Bertz CT molecular complexity index is 1310. The van der Waals surface area contributed by atoms with E-state index in [4.69, 9.17) is 9.82 Å². The van der Waals surface area contributed by atoms with Crippen LogP contribution in [0.2, 0.25) is 0 Å². The topological polar surface area (TPSA) is 95.8 Å². The highest BCUT2D eigenvalue weighted by molar-refractivity contribution is 7.16. The second-order valence-corrected chi connectivity index (χ2v) is 12.6. The van der Waals surface area contributed by atoms with Crippen molar-refractivity contribution in [2.24, 2.45) is 5.16 Å². The Kier molecular flexibility index (Phi) is 7.15. The molecular weight excluding hydrogens is 518 g/mol. The summed E-state index contributed by atoms with van der Waals surface area (Å²) in [7, 11) is 2.15. The Hall–Kier alpha value is -2.89. The number of aryl methyl sites for hydroxylation is 2. The summed E-state index contributed by atoms with van der Waals surface area (Å²) in [5.41, 5.74) is 3.64. The minimum absolute atomic E-state index is 0.0550. The number of rotatable bonds is 6. The van der Waals surface area contributed by atoms with E-state index < -0.39 is 0 Å². The van der Waals surface area contributed by atoms with Crippen molar-refractivity contribution in [3.63, 3.8) is 0 Å². The molecule has 2 bridgehead atoms. The van der Waals surface area contributed by atoms with Gasteiger partial charge in [0.05, 0.1) is 32.5 Å². The van der Waals surface area contributed by atoms with Crippen LogP contribution in [0.4, 0.5) is 10.9 Å². The third-order valence-corrected chi connectivity index (χ3v) is 9.53. The first-order valence-corrected chi connectivity index (χ1v) is 15.0. The lowest BCUT2D eigenvalue weighted by Crippen LogP contribution is -2.47. The van der Waals surface area contributed by atoms with E-state index in [2.05, 4.69) is 37.3 Å². The Balaban J connectivity index is 1.06. The molecule has 200 valence electrons. The molecule has 38 heavy (non-hydrogen) atoms. The number of likely N-dealkylation sites (tertiary alicyclic amines) is 1. The van der Waals surface area contributed by atoms with Crippen molar-refractivity contribution >= 4 is 45.2 Å². The number of piperidine rings is 2. The van der Waals surface area contributed by atoms with E-state index in [1.807, 2.05) is 31.4 Å². The third-order valence-electron chi connectivity index (χ3n) is 7.68. The molecular formula is C27H33N7O2S2. The molecule has 9 nitrogen and oxygen atoms in total. The quantitative estimate of drug-likeness (QED) is 0.418. The summed E-state index contributed by atoms with van der Waals surface area (Å²) >= 11 is 3.18. The average molecular weight is 552 g/mol. The predicted octanol–water partition coefficient (Wildman–Crippen LogP) is 5.26. The van der Waals surface area contributed by atoms with Crippen molar-refractivity contribution < 1.29 is 9.63 Å². The van der Waals surface area contributed by atoms with Crippen LogP contribution in [0.1, 0.15) is 59.6 Å². The van der Waals surface area contributed by atoms with Gasteiger partial charge in [0.2, 0.25) is 0 Å². The van der Waals surface area contributed by atoms with Crippen LogP contribution in [0.15, 0.2) is 28.9 Å². The van der Waals surface area contributed by atoms with Crippen molar-refractivity contribution in [3.8, 4) is 10.6 Å². The number of oxime groups is 1. The van der Waals surface area contributed by atoms with Gasteiger partial charge in [0.25, 0.3) is 5.91 Å². The molecule has 3 aromatic heterocycles. The van der Waals surface area contributed by atoms with Gasteiger partial charge in [0.1, 0.15) is 11.9 Å². The van der Waals surface area contributed by atoms with E-state index in [9.17, 15) is 4.79 Å². The average Bonchev–Trinajstić information content (AvgIpc) is 3.58. The van der Waals surface area contributed by atoms with Gasteiger partial charge in [-0.2, -0.15) is 0 Å². The van der Waals surface area contributed by atoms with Crippen LogP contribution in [0.25, 0.3) is 10.6 Å². The summed E-state index contributed by atoms with van der Waals surface area (Å²) in [6.07, 6.45) is 7.56. The molecule has 0 unspecified atom stereocenters. The Morgan fingerprint density at radius 1 is 1.11 bits per heavy atom. The molecule has 0 radical (unpaired) electrons. The molecule has 6 rings (SSSR count). The van der Waals surface area contributed by atoms with Crippen molar-refractivity contribution in [1.82, 2.24) is 24.8 Å². The lowest BCUT2D eigenvalue weighted by atomic mass is 9.99. The van der Waals surface area contributed by atoms with E-state index in [1.54, 1.807) is 17.5 Å². The van der Waals surface area contributed by atoms with E-state index in [-0.39, 0.29) is 24.1 Å². The molecule has 3 fully saturated rings. The Labute approximate surface area is 231 Å². The summed E-state index contributed by atoms with van der Waals surface area (Å²) in [6, 6.07) is 4.08. The molecule has 0 aliphatic carbocycles. The summed E-state index contributed by atoms with van der Waals surface area (Å²) in [4.78, 5) is 38.5. The minimum atomic E-state index is 0.0550. The first-order chi connectivity index (χ1) is 18.4. The molecule has 0 spiro atoms. The Morgan fingerprint density at radius 3 is 2.53 bits per heavy atom. The standard InChI is InChI=1S/C27H33N7O2S2/c1-16-25(38-17(2)29-16)23-15-37-27(30-23)31-24-7-4-18(14-28-24)26(35)34-20-5-6-21(34)13-19(12-20)32-36-22-8-10-33(3)11-9-22/h4,7,14-15,20-22H,5-6,8-13H2,1-3H3,(H,28,30,31)/t20-,21+. The summed E-state index contributed by atoms with van der Waals surface area (Å²) in [5.74, 6) is 0.723. The number of fused-ring (bicyclic) bond motifs is 2. The van der Waals surface area contributed by atoms with E-state index in [0.29, 0.717) is 11.4 Å². The van der Waals surface area contributed by atoms with Crippen molar-refractivity contribution in [3.05, 3.63) is 40.0 Å². The molecule has 3 aliphatic heterocycles. The largest absolute Gasteiger partial charge is 0.392 e.